The molecule has 12 heavy (non-hydrogen) atoms. The number of halogens is 1. The van der Waals surface area contributed by atoms with Gasteiger partial charge in [-0.15, -0.1) is 11.3 Å². The Morgan fingerprint density at radius 2 is 2.33 bits per heavy atom. The second kappa shape index (κ2) is 4.03. The van der Waals surface area contributed by atoms with Gasteiger partial charge in [0, 0.05) is 0 Å². The van der Waals surface area contributed by atoms with Crippen molar-refractivity contribution in [1.82, 2.24) is 4.90 Å². The summed E-state index contributed by atoms with van der Waals surface area (Å²) in [5.74, 6) is 0.0833. The second-order valence-corrected chi connectivity index (χ2v) is 4.08. The minimum absolute atomic E-state index is 0.0833. The van der Waals surface area contributed by atoms with Crippen LogP contribution in [0.25, 0.3) is 0 Å². The zero-order valence-corrected chi connectivity index (χ0v) is 8.58. The third-order valence-corrected chi connectivity index (χ3v) is 2.71. The third-order valence-electron chi connectivity index (χ3n) is 1.33. The molecular weight excluding hydrogens is 194 g/mol. The minimum atomic E-state index is 0.0833. The number of likely N-dealkylation sites (N-methyl/N-ethyl adjacent to an activating group) is 1. The number of hydrogen-bond donors (Lipinski definition) is 0. The van der Waals surface area contributed by atoms with E-state index in [9.17, 15) is 4.79 Å². The van der Waals surface area contributed by atoms with Crippen LogP contribution in [0.2, 0.25) is 5.02 Å². The first-order valence-corrected chi connectivity index (χ1v) is 4.78. The van der Waals surface area contributed by atoms with E-state index in [1.54, 1.807) is 6.07 Å². The van der Waals surface area contributed by atoms with Crippen LogP contribution in [-0.2, 0) is 0 Å². The van der Waals surface area contributed by atoms with Crippen molar-refractivity contribution in [3.63, 3.8) is 0 Å². The van der Waals surface area contributed by atoms with Crippen LogP contribution in [0.5, 0.6) is 0 Å². The number of nitrogens with zero attached hydrogens (tertiary/aromatic N) is 1. The van der Waals surface area contributed by atoms with Crippen molar-refractivity contribution in [3.8, 4) is 0 Å². The van der Waals surface area contributed by atoms with Gasteiger partial charge in [0.05, 0.1) is 16.4 Å². The zero-order valence-electron chi connectivity index (χ0n) is 7.00. The van der Waals surface area contributed by atoms with Crippen molar-refractivity contribution in [2.45, 2.75) is 0 Å². The Morgan fingerprint density at radius 3 is 2.75 bits per heavy atom. The Bertz CT molecular complexity index is 282. The first-order chi connectivity index (χ1) is 5.61. The standard InChI is InChI=1S/C8H10ClNOS/c1-10(2)5-7(11)8-6(9)3-4-12-8/h3-4H,5H2,1-2H3. The summed E-state index contributed by atoms with van der Waals surface area (Å²) in [4.78, 5) is 13.9. The summed E-state index contributed by atoms with van der Waals surface area (Å²) >= 11 is 7.18. The first kappa shape index (κ1) is 9.71. The van der Waals surface area contributed by atoms with E-state index in [-0.39, 0.29) is 5.78 Å². The van der Waals surface area contributed by atoms with Gasteiger partial charge in [0.25, 0.3) is 0 Å². The van der Waals surface area contributed by atoms with Gasteiger partial charge in [0.1, 0.15) is 0 Å². The van der Waals surface area contributed by atoms with Crippen LogP contribution in [0.4, 0.5) is 0 Å². The average molecular weight is 204 g/mol. The van der Waals surface area contributed by atoms with Crippen molar-refractivity contribution in [1.29, 1.82) is 0 Å². The molecule has 0 fully saturated rings. The van der Waals surface area contributed by atoms with E-state index in [0.29, 0.717) is 16.4 Å². The molecule has 0 bridgehead atoms. The molecule has 1 aromatic heterocycles. The van der Waals surface area contributed by atoms with Crippen LogP contribution in [-0.4, -0.2) is 31.3 Å². The predicted octanol–water partition coefficient (Wildman–Crippen LogP) is 2.15. The minimum Gasteiger partial charge on any atom is -0.302 e. The Balaban J connectivity index is 2.72. The van der Waals surface area contributed by atoms with Crippen molar-refractivity contribution >= 4 is 28.7 Å². The van der Waals surface area contributed by atoms with E-state index in [2.05, 4.69) is 0 Å². The van der Waals surface area contributed by atoms with Gasteiger partial charge in [-0.25, -0.2) is 0 Å². The molecule has 0 radical (unpaired) electrons. The topological polar surface area (TPSA) is 20.3 Å². The molecule has 0 saturated carbocycles. The number of Topliss-reactive ketones (excluding diaryl/α,β-unsaturated/α-hetero) is 1. The van der Waals surface area contributed by atoms with Crippen molar-refractivity contribution in [2.75, 3.05) is 20.6 Å². The highest BCUT2D eigenvalue weighted by Crippen LogP contribution is 2.22. The lowest BCUT2D eigenvalue weighted by Crippen LogP contribution is -2.21. The Kier molecular flexibility index (Phi) is 3.26. The number of ketones is 1. The van der Waals surface area contributed by atoms with Crippen LogP contribution < -0.4 is 0 Å². The molecule has 4 heteroatoms. The lowest BCUT2D eigenvalue weighted by Gasteiger charge is -2.06. The summed E-state index contributed by atoms with van der Waals surface area (Å²) in [6.45, 7) is 0.417. The fraction of sp³-hybridized carbons (Fsp3) is 0.375. The molecule has 0 atom stereocenters. The number of carbonyl (C=O) groups excluding carboxylic acids is 1. The van der Waals surface area contributed by atoms with Gasteiger partial charge in [0.2, 0.25) is 0 Å². The summed E-state index contributed by atoms with van der Waals surface area (Å²) < 4.78 is 0. The van der Waals surface area contributed by atoms with E-state index in [4.69, 9.17) is 11.6 Å². The molecular formula is C8H10ClNOS. The van der Waals surface area contributed by atoms with E-state index >= 15 is 0 Å². The van der Waals surface area contributed by atoms with Gasteiger partial charge in [0.15, 0.2) is 5.78 Å². The van der Waals surface area contributed by atoms with Gasteiger partial charge >= 0.3 is 0 Å². The molecule has 0 saturated heterocycles. The number of hydrogen-bond acceptors (Lipinski definition) is 3. The van der Waals surface area contributed by atoms with Crippen molar-refractivity contribution in [3.05, 3.63) is 21.3 Å². The summed E-state index contributed by atoms with van der Waals surface area (Å²) in [7, 11) is 3.72. The first-order valence-electron chi connectivity index (χ1n) is 3.52. The summed E-state index contributed by atoms with van der Waals surface area (Å²) in [6.07, 6.45) is 0. The fourth-order valence-corrected chi connectivity index (χ4v) is 1.95. The molecule has 0 spiro atoms. The molecule has 0 unspecified atom stereocenters. The van der Waals surface area contributed by atoms with Gasteiger partial charge in [-0.3, -0.25) is 4.79 Å². The van der Waals surface area contributed by atoms with Crippen LogP contribution in [0.3, 0.4) is 0 Å². The molecule has 66 valence electrons. The SMILES string of the molecule is CN(C)CC(=O)c1sccc1Cl. The molecule has 0 aliphatic heterocycles. The van der Waals surface area contributed by atoms with Crippen LogP contribution >= 0.6 is 22.9 Å². The molecule has 0 amide bonds. The van der Waals surface area contributed by atoms with E-state index in [0.717, 1.165) is 0 Å². The van der Waals surface area contributed by atoms with E-state index < -0.39 is 0 Å². The van der Waals surface area contributed by atoms with Crippen molar-refractivity contribution in [2.24, 2.45) is 0 Å². The Hall–Kier alpha value is -0.380. The van der Waals surface area contributed by atoms with Crippen LogP contribution in [0, 0.1) is 0 Å². The average Bonchev–Trinajstić information content (AvgIpc) is 2.33. The largest absolute Gasteiger partial charge is 0.302 e. The maximum Gasteiger partial charge on any atom is 0.188 e. The van der Waals surface area contributed by atoms with Gasteiger partial charge in [-0.1, -0.05) is 11.6 Å². The Morgan fingerprint density at radius 1 is 1.67 bits per heavy atom. The van der Waals surface area contributed by atoms with Gasteiger partial charge < -0.3 is 4.90 Å². The Labute approximate surface area is 80.8 Å². The number of thiophene rings is 1. The highest BCUT2D eigenvalue weighted by molar-refractivity contribution is 7.12. The highest BCUT2D eigenvalue weighted by Gasteiger charge is 2.11. The molecule has 0 aromatic carbocycles. The quantitative estimate of drug-likeness (QED) is 0.702. The summed E-state index contributed by atoms with van der Waals surface area (Å²) in [5, 5.41) is 2.39. The normalized spacial score (nSPS) is 10.7. The third kappa shape index (κ3) is 2.30. The van der Waals surface area contributed by atoms with Gasteiger partial charge in [-0.05, 0) is 25.5 Å². The molecule has 1 rings (SSSR count). The molecule has 1 aromatic rings. The molecule has 2 nitrogen and oxygen atoms in total. The molecule has 0 aliphatic rings. The monoisotopic (exact) mass is 203 g/mol. The highest BCUT2D eigenvalue weighted by atomic mass is 35.5. The molecule has 0 N–H and O–H groups in total. The molecule has 0 aliphatic carbocycles. The predicted molar refractivity (Wildman–Crippen MR) is 52.2 cm³/mol. The van der Waals surface area contributed by atoms with Crippen molar-refractivity contribution < 1.29 is 4.79 Å². The maximum atomic E-state index is 11.4. The number of carbonyl (C=O) groups is 1. The smallest absolute Gasteiger partial charge is 0.188 e. The van der Waals surface area contributed by atoms with Gasteiger partial charge in [-0.2, -0.15) is 0 Å². The van der Waals surface area contributed by atoms with E-state index in [1.807, 2.05) is 24.4 Å². The second-order valence-electron chi connectivity index (χ2n) is 2.76. The van der Waals surface area contributed by atoms with E-state index in [1.165, 1.54) is 11.3 Å². The zero-order chi connectivity index (χ0) is 9.14. The lowest BCUT2D eigenvalue weighted by atomic mass is 10.3. The van der Waals surface area contributed by atoms with Crippen LogP contribution in [0.15, 0.2) is 11.4 Å². The summed E-state index contributed by atoms with van der Waals surface area (Å²) in [6, 6.07) is 1.75. The number of rotatable bonds is 3. The fourth-order valence-electron chi connectivity index (χ4n) is 0.852. The molecule has 1 heterocycles. The summed E-state index contributed by atoms with van der Waals surface area (Å²) in [5.41, 5.74) is 0. The maximum absolute atomic E-state index is 11.4. The van der Waals surface area contributed by atoms with Crippen LogP contribution in [0.1, 0.15) is 9.67 Å². The lowest BCUT2D eigenvalue weighted by molar-refractivity contribution is 0.0962.